The molecule has 0 aliphatic carbocycles. The molecule has 0 radical (unpaired) electrons. The quantitative estimate of drug-likeness (QED) is 0.396. The Labute approximate surface area is 131 Å². The first-order valence-corrected chi connectivity index (χ1v) is 7.43. The Morgan fingerprint density at radius 3 is 1.30 bits per heavy atom. The number of benzene rings is 2. The van der Waals surface area contributed by atoms with Crippen LogP contribution in [0.3, 0.4) is 0 Å². The first-order valence-electron chi connectivity index (χ1n) is 6.61. The molecule has 23 heavy (non-hydrogen) atoms. The molecule has 0 unspecified atom stereocenters. The van der Waals surface area contributed by atoms with Crippen molar-refractivity contribution in [2.45, 2.75) is 26.2 Å². The average Bonchev–Trinajstić information content (AvgIpc) is 2.72. The van der Waals surface area contributed by atoms with E-state index in [1.807, 2.05) is 0 Å². The van der Waals surface area contributed by atoms with Crippen molar-refractivity contribution in [3.05, 3.63) is 46.5 Å². The molecule has 0 aliphatic rings. The Kier molecular flexibility index (Phi) is 3.41. The fourth-order valence-electron chi connectivity index (χ4n) is 2.81. The lowest BCUT2D eigenvalue weighted by molar-refractivity contribution is -0.137. The maximum atomic E-state index is 13.3. The molecule has 3 aromatic rings. The summed E-state index contributed by atoms with van der Waals surface area (Å²) in [6.07, 6.45) is -9.23. The lowest BCUT2D eigenvalue weighted by Gasteiger charge is -2.11. The summed E-state index contributed by atoms with van der Waals surface area (Å²) in [6.45, 7) is 2.62. The molecule has 0 amide bonds. The van der Waals surface area contributed by atoms with Crippen LogP contribution in [0.15, 0.2) is 24.3 Å². The average molecular weight is 348 g/mol. The van der Waals surface area contributed by atoms with Crippen LogP contribution in [0.5, 0.6) is 0 Å². The number of thiophene rings is 1. The Hall–Kier alpha value is -1.76. The minimum absolute atomic E-state index is 0.00170. The summed E-state index contributed by atoms with van der Waals surface area (Å²) in [5.74, 6) is 0. The molecule has 0 bridgehead atoms. The number of hydrogen-bond donors (Lipinski definition) is 0. The van der Waals surface area contributed by atoms with Gasteiger partial charge in [-0.05, 0) is 25.0 Å². The van der Waals surface area contributed by atoms with Crippen LogP contribution < -0.4 is 0 Å². The number of fused-ring (bicyclic) bond motifs is 3. The monoisotopic (exact) mass is 348 g/mol. The first kappa shape index (κ1) is 16.1. The predicted molar refractivity (Wildman–Crippen MR) is 78.8 cm³/mol. The highest BCUT2D eigenvalue weighted by Crippen LogP contribution is 2.47. The smallest absolute Gasteiger partial charge is 0.166 e. The molecule has 0 spiro atoms. The molecule has 1 heterocycles. The summed E-state index contributed by atoms with van der Waals surface area (Å²) in [5, 5.41) is 0.404. The molecular formula is C16H10F6S. The van der Waals surface area contributed by atoms with Crippen LogP contribution in [0.4, 0.5) is 26.3 Å². The van der Waals surface area contributed by atoms with Crippen LogP contribution in [-0.2, 0) is 12.4 Å². The molecule has 0 aliphatic heterocycles. The van der Waals surface area contributed by atoms with Gasteiger partial charge in [0.1, 0.15) is 0 Å². The molecule has 0 fully saturated rings. The minimum Gasteiger partial charge on any atom is -0.166 e. The van der Waals surface area contributed by atoms with Crippen molar-refractivity contribution in [3.8, 4) is 0 Å². The third-order valence-corrected chi connectivity index (χ3v) is 5.05. The Morgan fingerprint density at radius 1 is 0.652 bits per heavy atom. The maximum Gasteiger partial charge on any atom is 0.418 e. The highest BCUT2D eigenvalue weighted by molar-refractivity contribution is 7.26. The van der Waals surface area contributed by atoms with Crippen molar-refractivity contribution in [2.24, 2.45) is 0 Å². The lowest BCUT2D eigenvalue weighted by Crippen LogP contribution is -2.07. The van der Waals surface area contributed by atoms with E-state index in [1.54, 1.807) is 0 Å². The van der Waals surface area contributed by atoms with Crippen molar-refractivity contribution in [1.82, 2.24) is 0 Å². The van der Waals surface area contributed by atoms with Crippen LogP contribution in [0, 0.1) is 13.8 Å². The lowest BCUT2D eigenvalue weighted by atomic mass is 10.0. The summed E-state index contributed by atoms with van der Waals surface area (Å²) in [6, 6.07) is 5.50. The topological polar surface area (TPSA) is 0 Å². The highest BCUT2D eigenvalue weighted by Gasteiger charge is 2.38. The molecule has 0 saturated heterocycles. The molecule has 3 rings (SSSR count). The maximum absolute atomic E-state index is 13.3. The van der Waals surface area contributed by atoms with Crippen molar-refractivity contribution in [3.63, 3.8) is 0 Å². The van der Waals surface area contributed by atoms with Crippen molar-refractivity contribution in [1.29, 1.82) is 0 Å². The summed E-state index contributed by atoms with van der Waals surface area (Å²) in [4.78, 5) is 0. The Bertz CT molecular complexity index is 840. The molecule has 1 aromatic heterocycles. The Morgan fingerprint density at radius 2 is 1.00 bits per heavy atom. The molecule has 122 valence electrons. The number of alkyl halides is 6. The number of halogens is 6. The molecular weight excluding hydrogens is 338 g/mol. The van der Waals surface area contributed by atoms with Gasteiger partial charge in [-0.2, -0.15) is 26.3 Å². The predicted octanol–water partition coefficient (Wildman–Crippen LogP) is 6.71. The van der Waals surface area contributed by atoms with Crippen molar-refractivity contribution < 1.29 is 26.3 Å². The second kappa shape index (κ2) is 4.87. The van der Waals surface area contributed by atoms with Gasteiger partial charge in [0.15, 0.2) is 0 Å². The van der Waals surface area contributed by atoms with Gasteiger partial charge < -0.3 is 0 Å². The van der Waals surface area contributed by atoms with Crippen LogP contribution in [-0.4, -0.2) is 0 Å². The number of hydrogen-bond acceptors (Lipinski definition) is 1. The van der Waals surface area contributed by atoms with Crippen molar-refractivity contribution >= 4 is 31.5 Å². The third kappa shape index (κ3) is 2.47. The van der Waals surface area contributed by atoms with E-state index in [2.05, 4.69) is 0 Å². The van der Waals surface area contributed by atoms with Gasteiger partial charge in [0.25, 0.3) is 0 Å². The van der Waals surface area contributed by atoms with Gasteiger partial charge in [-0.25, -0.2) is 0 Å². The molecule has 7 heteroatoms. The van der Waals surface area contributed by atoms with E-state index < -0.39 is 23.5 Å². The van der Waals surface area contributed by atoms with E-state index in [9.17, 15) is 26.3 Å². The SMILES string of the molecule is Cc1ccc2c(sc3c(C(F)(F)F)c(C)ccc32)c1C(F)(F)F. The van der Waals surface area contributed by atoms with Gasteiger partial charge in [0.2, 0.25) is 0 Å². The molecule has 0 atom stereocenters. The Balaban J connectivity index is 2.54. The van der Waals surface area contributed by atoms with Gasteiger partial charge >= 0.3 is 12.4 Å². The van der Waals surface area contributed by atoms with Crippen LogP contribution in [0.2, 0.25) is 0 Å². The normalized spacial score (nSPS) is 13.2. The van der Waals surface area contributed by atoms with Gasteiger partial charge in [-0.3, -0.25) is 0 Å². The largest absolute Gasteiger partial charge is 0.418 e. The fourth-order valence-corrected chi connectivity index (χ4v) is 4.34. The zero-order valence-corrected chi connectivity index (χ0v) is 12.8. The van der Waals surface area contributed by atoms with Gasteiger partial charge in [-0.1, -0.05) is 24.3 Å². The summed E-state index contributed by atoms with van der Waals surface area (Å²) in [7, 11) is 0. The van der Waals surface area contributed by atoms with Gasteiger partial charge in [0.05, 0.1) is 11.1 Å². The summed E-state index contributed by atoms with van der Waals surface area (Å²) >= 11 is 0.557. The second-order valence-electron chi connectivity index (χ2n) is 5.37. The van der Waals surface area contributed by atoms with Crippen LogP contribution in [0.1, 0.15) is 22.3 Å². The minimum atomic E-state index is -4.61. The van der Waals surface area contributed by atoms with E-state index in [0.29, 0.717) is 11.3 Å². The van der Waals surface area contributed by atoms with E-state index in [-0.39, 0.29) is 31.3 Å². The summed E-state index contributed by atoms with van der Waals surface area (Å²) < 4.78 is 79.5. The van der Waals surface area contributed by atoms with Crippen LogP contribution >= 0.6 is 11.3 Å². The second-order valence-corrected chi connectivity index (χ2v) is 6.39. The standard InChI is InChI=1S/C16H10F6S/c1-7-3-5-9-10-6-4-8(2)12(16(20,21)22)14(10)23-13(9)11(7)15(17,18)19/h3-6H,1-2H3. The van der Waals surface area contributed by atoms with Gasteiger partial charge in [-0.15, -0.1) is 11.3 Å². The van der Waals surface area contributed by atoms with Crippen molar-refractivity contribution in [2.75, 3.05) is 0 Å². The molecule has 2 aromatic carbocycles. The molecule has 0 N–H and O–H groups in total. The van der Waals surface area contributed by atoms with E-state index in [1.165, 1.54) is 38.1 Å². The van der Waals surface area contributed by atoms with E-state index in [0.717, 1.165) is 0 Å². The third-order valence-electron chi connectivity index (χ3n) is 3.79. The van der Waals surface area contributed by atoms with Gasteiger partial charge in [0, 0.05) is 20.2 Å². The molecule has 0 saturated carbocycles. The fraction of sp³-hybridized carbons (Fsp3) is 0.250. The zero-order chi connectivity index (χ0) is 17.2. The molecule has 0 nitrogen and oxygen atoms in total. The van der Waals surface area contributed by atoms with E-state index >= 15 is 0 Å². The first-order chi connectivity index (χ1) is 10.5. The van der Waals surface area contributed by atoms with Crippen LogP contribution in [0.25, 0.3) is 20.2 Å². The van der Waals surface area contributed by atoms with E-state index in [4.69, 9.17) is 0 Å². The summed E-state index contributed by atoms with van der Waals surface area (Å²) in [5.41, 5.74) is -1.72. The highest BCUT2D eigenvalue weighted by atomic mass is 32.1. The number of aryl methyl sites for hydroxylation is 2. The zero-order valence-electron chi connectivity index (χ0n) is 12.0. The number of rotatable bonds is 0.